The van der Waals surface area contributed by atoms with Crippen LogP contribution in [0.1, 0.15) is 12.0 Å². The third kappa shape index (κ3) is 3.47. The van der Waals surface area contributed by atoms with Crippen molar-refractivity contribution in [3.05, 3.63) is 28.2 Å². The van der Waals surface area contributed by atoms with E-state index >= 15 is 0 Å². The number of hydrogen-bond donors (Lipinski definition) is 0. The van der Waals surface area contributed by atoms with Crippen molar-refractivity contribution in [3.63, 3.8) is 0 Å². The second-order valence-electron chi connectivity index (χ2n) is 3.88. The van der Waals surface area contributed by atoms with Crippen molar-refractivity contribution < 1.29 is 9.63 Å². The summed E-state index contributed by atoms with van der Waals surface area (Å²) < 4.78 is 1.06. The molecule has 1 fully saturated rings. The average Bonchev–Trinajstić information content (AvgIpc) is 2.81. The van der Waals surface area contributed by atoms with Crippen molar-refractivity contribution in [3.8, 4) is 0 Å². The smallest absolute Gasteiger partial charge is 0.256 e. The minimum atomic E-state index is 0.0508. The van der Waals surface area contributed by atoms with Crippen LogP contribution in [0.2, 0.25) is 0 Å². The molecule has 1 aliphatic rings. The Hall–Kier alpha value is -0.520. The quantitative estimate of drug-likeness (QED) is 0.803. The fraction of sp³-hybridized carbons (Fsp3) is 0.417. The van der Waals surface area contributed by atoms with Crippen molar-refractivity contribution in [1.29, 1.82) is 0 Å². The van der Waals surface area contributed by atoms with Gasteiger partial charge in [-0.25, -0.2) is 5.06 Å². The Morgan fingerprint density at radius 1 is 1.59 bits per heavy atom. The van der Waals surface area contributed by atoms with Crippen molar-refractivity contribution in [1.82, 2.24) is 5.06 Å². The van der Waals surface area contributed by atoms with E-state index in [9.17, 15) is 4.79 Å². The van der Waals surface area contributed by atoms with Crippen molar-refractivity contribution in [2.45, 2.75) is 18.2 Å². The summed E-state index contributed by atoms with van der Waals surface area (Å²) in [5.74, 6) is 0.484. The molecule has 1 saturated heterocycles. The molecular weight excluding hydrogens is 302 g/mol. The van der Waals surface area contributed by atoms with E-state index in [1.807, 2.05) is 19.1 Å². The molecule has 2 rings (SSSR count). The van der Waals surface area contributed by atoms with Crippen LogP contribution in [0.4, 0.5) is 0 Å². The Balaban J connectivity index is 1.90. The molecule has 0 atom stereocenters. The Morgan fingerprint density at radius 2 is 2.41 bits per heavy atom. The molecule has 0 unspecified atom stereocenters. The molecule has 5 heteroatoms. The fourth-order valence-corrected chi connectivity index (χ4v) is 2.98. The topological polar surface area (TPSA) is 29.5 Å². The number of carbonyl (C=O) groups is 1. The van der Waals surface area contributed by atoms with Gasteiger partial charge in [0.2, 0.25) is 0 Å². The van der Waals surface area contributed by atoms with Gasteiger partial charge in [0, 0.05) is 9.37 Å². The standard InChI is InChI=1S/C12H14BrNO2S/c1-9-7-10(13)3-4-11(9)17-8-12(15)14-5-2-6-16-14/h3-4,7H,2,5-6,8H2,1H3. The van der Waals surface area contributed by atoms with E-state index in [4.69, 9.17) is 4.84 Å². The second-order valence-corrected chi connectivity index (χ2v) is 5.81. The van der Waals surface area contributed by atoms with Gasteiger partial charge in [-0.15, -0.1) is 11.8 Å². The molecule has 0 aromatic heterocycles. The van der Waals surface area contributed by atoms with Crippen molar-refractivity contribution in [2.75, 3.05) is 18.9 Å². The number of benzene rings is 1. The molecule has 17 heavy (non-hydrogen) atoms. The molecule has 1 aliphatic heterocycles. The molecule has 1 aromatic rings. The van der Waals surface area contributed by atoms with Crippen LogP contribution in [-0.4, -0.2) is 29.9 Å². The highest BCUT2D eigenvalue weighted by Crippen LogP contribution is 2.25. The summed E-state index contributed by atoms with van der Waals surface area (Å²) in [7, 11) is 0. The summed E-state index contributed by atoms with van der Waals surface area (Å²) in [5, 5.41) is 1.47. The van der Waals surface area contributed by atoms with Gasteiger partial charge in [0.1, 0.15) is 0 Å². The van der Waals surface area contributed by atoms with E-state index in [-0.39, 0.29) is 5.91 Å². The van der Waals surface area contributed by atoms with Gasteiger partial charge < -0.3 is 0 Å². The number of hydrogen-bond acceptors (Lipinski definition) is 3. The molecule has 0 saturated carbocycles. The predicted octanol–water partition coefficient (Wildman–Crippen LogP) is 3.01. The molecule has 0 N–H and O–H groups in total. The van der Waals surface area contributed by atoms with Gasteiger partial charge >= 0.3 is 0 Å². The zero-order valence-corrected chi connectivity index (χ0v) is 12.0. The summed E-state index contributed by atoms with van der Waals surface area (Å²) in [5.41, 5.74) is 1.18. The highest BCUT2D eigenvalue weighted by molar-refractivity contribution is 9.10. The van der Waals surface area contributed by atoms with Gasteiger partial charge in [-0.2, -0.15) is 0 Å². The first kappa shape index (κ1) is 12.9. The predicted molar refractivity (Wildman–Crippen MR) is 71.9 cm³/mol. The maximum atomic E-state index is 11.8. The normalized spacial score (nSPS) is 15.3. The van der Waals surface area contributed by atoms with Gasteiger partial charge in [0.25, 0.3) is 5.91 Å². The minimum absolute atomic E-state index is 0.0508. The van der Waals surface area contributed by atoms with Crippen LogP contribution in [-0.2, 0) is 9.63 Å². The summed E-state index contributed by atoms with van der Waals surface area (Å²) >= 11 is 4.98. The Morgan fingerprint density at radius 3 is 3.06 bits per heavy atom. The first-order chi connectivity index (χ1) is 8.16. The Labute approximate surface area is 114 Å². The highest BCUT2D eigenvalue weighted by Gasteiger charge is 2.19. The van der Waals surface area contributed by atoms with E-state index in [0.717, 1.165) is 22.3 Å². The van der Waals surface area contributed by atoms with E-state index in [1.54, 1.807) is 11.8 Å². The van der Waals surface area contributed by atoms with Gasteiger partial charge in [-0.05, 0) is 37.1 Å². The van der Waals surface area contributed by atoms with Crippen molar-refractivity contribution in [2.24, 2.45) is 0 Å². The number of thioether (sulfide) groups is 1. The number of rotatable bonds is 3. The summed E-state index contributed by atoms with van der Waals surface area (Å²) in [6, 6.07) is 6.08. The number of nitrogens with zero attached hydrogens (tertiary/aromatic N) is 1. The molecule has 1 aromatic carbocycles. The molecule has 0 aliphatic carbocycles. The lowest BCUT2D eigenvalue weighted by Crippen LogP contribution is -2.28. The van der Waals surface area contributed by atoms with Gasteiger partial charge in [0.05, 0.1) is 18.9 Å². The second kappa shape index (κ2) is 5.89. The van der Waals surface area contributed by atoms with Crippen LogP contribution in [0.5, 0.6) is 0 Å². The third-order valence-electron chi connectivity index (χ3n) is 2.52. The van der Waals surface area contributed by atoms with E-state index in [1.165, 1.54) is 10.6 Å². The summed E-state index contributed by atoms with van der Waals surface area (Å²) in [6.45, 7) is 3.43. The first-order valence-corrected chi connectivity index (χ1v) is 7.27. The molecule has 3 nitrogen and oxygen atoms in total. The van der Waals surface area contributed by atoms with Gasteiger partial charge in [-0.3, -0.25) is 9.63 Å². The Bertz CT molecular complexity index is 419. The SMILES string of the molecule is Cc1cc(Br)ccc1SCC(=O)N1CCCO1. The molecule has 92 valence electrons. The summed E-state index contributed by atoms with van der Waals surface area (Å²) in [4.78, 5) is 18.1. The fourth-order valence-electron chi connectivity index (χ4n) is 1.63. The van der Waals surface area contributed by atoms with E-state index in [0.29, 0.717) is 12.4 Å². The number of hydroxylamine groups is 2. The van der Waals surface area contributed by atoms with Gasteiger partial charge in [0.15, 0.2) is 0 Å². The van der Waals surface area contributed by atoms with Crippen LogP contribution in [0.25, 0.3) is 0 Å². The number of amides is 1. The minimum Gasteiger partial charge on any atom is -0.272 e. The first-order valence-electron chi connectivity index (χ1n) is 5.49. The lowest BCUT2D eigenvalue weighted by atomic mass is 10.2. The zero-order chi connectivity index (χ0) is 12.3. The van der Waals surface area contributed by atoms with Crippen LogP contribution in [0.3, 0.4) is 0 Å². The van der Waals surface area contributed by atoms with Crippen LogP contribution < -0.4 is 0 Å². The van der Waals surface area contributed by atoms with Gasteiger partial charge in [-0.1, -0.05) is 15.9 Å². The maximum absolute atomic E-state index is 11.8. The third-order valence-corrected chi connectivity index (χ3v) is 4.17. The van der Waals surface area contributed by atoms with Crippen LogP contribution >= 0.6 is 27.7 Å². The summed E-state index contributed by atoms with van der Waals surface area (Å²) in [6.07, 6.45) is 0.938. The maximum Gasteiger partial charge on any atom is 0.256 e. The molecule has 0 spiro atoms. The number of aryl methyl sites for hydroxylation is 1. The Kier molecular flexibility index (Phi) is 4.48. The number of halogens is 1. The van der Waals surface area contributed by atoms with Crippen LogP contribution in [0, 0.1) is 6.92 Å². The zero-order valence-electron chi connectivity index (χ0n) is 9.61. The van der Waals surface area contributed by atoms with E-state index < -0.39 is 0 Å². The largest absolute Gasteiger partial charge is 0.272 e. The number of carbonyl (C=O) groups excluding carboxylic acids is 1. The highest BCUT2D eigenvalue weighted by atomic mass is 79.9. The average molecular weight is 316 g/mol. The monoisotopic (exact) mass is 315 g/mol. The van der Waals surface area contributed by atoms with Crippen LogP contribution in [0.15, 0.2) is 27.6 Å². The molecular formula is C12H14BrNO2S. The molecule has 0 radical (unpaired) electrons. The van der Waals surface area contributed by atoms with Crippen molar-refractivity contribution >= 4 is 33.6 Å². The van der Waals surface area contributed by atoms with E-state index in [2.05, 4.69) is 22.0 Å². The molecule has 1 heterocycles. The lowest BCUT2D eigenvalue weighted by Gasteiger charge is -2.13. The molecule has 1 amide bonds. The lowest BCUT2D eigenvalue weighted by molar-refractivity contribution is -0.165. The molecule has 0 bridgehead atoms.